The second-order valence-corrected chi connectivity index (χ2v) is 10.3. The number of phenols is 1. The van der Waals surface area contributed by atoms with E-state index in [2.05, 4.69) is 4.98 Å². The maximum Gasteiger partial charge on any atom is 0.258 e. The van der Waals surface area contributed by atoms with Gasteiger partial charge in [-0.2, -0.15) is 0 Å². The van der Waals surface area contributed by atoms with Crippen LogP contribution in [0.5, 0.6) is 5.75 Å². The quantitative estimate of drug-likeness (QED) is 0.568. The Morgan fingerprint density at radius 3 is 2.48 bits per heavy atom. The molecule has 2 heterocycles. The molecule has 0 bridgehead atoms. The summed E-state index contributed by atoms with van der Waals surface area (Å²) in [6, 6.07) is 9.16. The molecule has 1 N–H and O–H groups in total. The number of likely N-dealkylation sites (N-methyl/N-ethyl adjacent to an activating group) is 1. The van der Waals surface area contributed by atoms with Crippen LogP contribution in [0.15, 0.2) is 42.6 Å². The topological polar surface area (TPSA) is 94.1 Å². The summed E-state index contributed by atoms with van der Waals surface area (Å²) in [6.45, 7) is 0.914. The Morgan fingerprint density at radius 2 is 1.85 bits per heavy atom. The van der Waals surface area contributed by atoms with Gasteiger partial charge in [-0.3, -0.25) is 14.1 Å². The smallest absolute Gasteiger partial charge is 0.258 e. The molecule has 10 heteroatoms. The molecular formula is C23H25FN4O4S. The van der Waals surface area contributed by atoms with Crippen LogP contribution in [0.2, 0.25) is 0 Å². The number of carbonyl (C=O) groups excluding carboxylic acids is 1. The first-order valence-corrected chi connectivity index (χ1v) is 12.2. The number of phenolic OH excluding ortho intramolecular Hbond substituents is 1. The van der Waals surface area contributed by atoms with Crippen LogP contribution in [-0.2, 0) is 23.1 Å². The van der Waals surface area contributed by atoms with Gasteiger partial charge >= 0.3 is 0 Å². The van der Waals surface area contributed by atoms with Crippen molar-refractivity contribution in [3.05, 3.63) is 65.1 Å². The molecule has 0 spiro atoms. The highest BCUT2D eigenvalue weighted by atomic mass is 32.2. The van der Waals surface area contributed by atoms with Gasteiger partial charge in [0.1, 0.15) is 11.3 Å². The molecule has 2 aromatic carbocycles. The summed E-state index contributed by atoms with van der Waals surface area (Å²) >= 11 is 0. The highest BCUT2D eigenvalue weighted by molar-refractivity contribution is 7.92. The summed E-state index contributed by atoms with van der Waals surface area (Å²) in [5, 5.41) is 11.4. The maximum absolute atomic E-state index is 13.3. The van der Waals surface area contributed by atoms with E-state index in [1.54, 1.807) is 24.3 Å². The number of fused-ring (bicyclic) bond motifs is 2. The Kier molecular flexibility index (Phi) is 5.98. The van der Waals surface area contributed by atoms with Crippen molar-refractivity contribution in [1.82, 2.24) is 14.8 Å². The van der Waals surface area contributed by atoms with Crippen LogP contribution in [0.1, 0.15) is 21.5 Å². The van der Waals surface area contributed by atoms with Crippen molar-refractivity contribution in [2.24, 2.45) is 0 Å². The van der Waals surface area contributed by atoms with E-state index < -0.39 is 15.9 Å². The molecule has 1 aromatic heterocycles. The average molecular weight is 473 g/mol. The van der Waals surface area contributed by atoms with Crippen molar-refractivity contribution in [3.63, 3.8) is 0 Å². The number of rotatable bonds is 7. The summed E-state index contributed by atoms with van der Waals surface area (Å²) in [5.74, 6) is -1.07. The lowest BCUT2D eigenvalue weighted by Crippen LogP contribution is -2.37. The molecule has 0 aliphatic carbocycles. The van der Waals surface area contributed by atoms with Gasteiger partial charge in [-0.15, -0.1) is 0 Å². The summed E-state index contributed by atoms with van der Waals surface area (Å²) < 4.78 is 40.3. The third-order valence-corrected chi connectivity index (χ3v) is 6.81. The zero-order valence-corrected chi connectivity index (χ0v) is 19.4. The number of anilines is 1. The molecule has 1 aliphatic rings. The van der Waals surface area contributed by atoms with E-state index in [0.29, 0.717) is 28.7 Å². The van der Waals surface area contributed by atoms with Crippen LogP contribution < -0.4 is 4.31 Å². The van der Waals surface area contributed by atoms with Gasteiger partial charge in [-0.05, 0) is 43.9 Å². The fraction of sp³-hybridized carbons (Fsp3) is 0.304. The van der Waals surface area contributed by atoms with Crippen molar-refractivity contribution in [1.29, 1.82) is 0 Å². The number of hydrogen-bond acceptors (Lipinski definition) is 6. The number of benzene rings is 2. The molecule has 8 nitrogen and oxygen atoms in total. The molecule has 4 rings (SSSR count). The number of pyridine rings is 1. The van der Waals surface area contributed by atoms with E-state index in [1.807, 2.05) is 19.0 Å². The van der Waals surface area contributed by atoms with Crippen LogP contribution in [0.25, 0.3) is 10.9 Å². The van der Waals surface area contributed by atoms with Crippen molar-refractivity contribution >= 4 is 32.5 Å². The highest BCUT2D eigenvalue weighted by Crippen LogP contribution is 2.44. The van der Waals surface area contributed by atoms with E-state index in [0.717, 1.165) is 6.26 Å². The Hall–Kier alpha value is -3.24. The molecule has 0 saturated heterocycles. The average Bonchev–Trinajstić information content (AvgIpc) is 3.07. The van der Waals surface area contributed by atoms with Gasteiger partial charge in [-0.1, -0.05) is 12.1 Å². The van der Waals surface area contributed by atoms with E-state index in [4.69, 9.17) is 0 Å². The third kappa shape index (κ3) is 4.36. The van der Waals surface area contributed by atoms with Gasteiger partial charge < -0.3 is 14.9 Å². The number of hydrogen-bond donors (Lipinski definition) is 1. The molecule has 3 aromatic rings. The molecular weight excluding hydrogens is 447 g/mol. The van der Waals surface area contributed by atoms with Crippen LogP contribution in [-0.4, -0.2) is 67.7 Å². The maximum atomic E-state index is 13.3. The van der Waals surface area contributed by atoms with Crippen molar-refractivity contribution < 1.29 is 22.7 Å². The fourth-order valence-electron chi connectivity index (χ4n) is 4.09. The van der Waals surface area contributed by atoms with Crippen LogP contribution in [0.3, 0.4) is 0 Å². The van der Waals surface area contributed by atoms with Crippen molar-refractivity contribution in [2.45, 2.75) is 13.1 Å². The number of aromatic nitrogens is 1. The predicted octanol–water partition coefficient (Wildman–Crippen LogP) is 2.56. The number of aromatic hydroxyl groups is 1. The number of carbonyl (C=O) groups is 1. The van der Waals surface area contributed by atoms with E-state index in [1.165, 1.54) is 27.5 Å². The van der Waals surface area contributed by atoms with Gasteiger partial charge in [0, 0.05) is 43.3 Å². The monoisotopic (exact) mass is 472 g/mol. The van der Waals surface area contributed by atoms with Gasteiger partial charge in [-0.25, -0.2) is 12.8 Å². The van der Waals surface area contributed by atoms with E-state index in [-0.39, 0.29) is 42.3 Å². The second kappa shape index (κ2) is 8.60. The van der Waals surface area contributed by atoms with E-state index in [9.17, 15) is 22.7 Å². The lowest BCUT2D eigenvalue weighted by molar-refractivity contribution is 0.0764. The third-order valence-electron chi connectivity index (χ3n) is 5.65. The summed E-state index contributed by atoms with van der Waals surface area (Å²) in [5.41, 5.74) is 1.72. The fourth-order valence-corrected chi connectivity index (χ4v) is 5.04. The molecule has 1 aliphatic heterocycles. The number of sulfonamides is 1. The molecule has 1 amide bonds. The van der Waals surface area contributed by atoms with Gasteiger partial charge in [0.15, 0.2) is 5.75 Å². The lowest BCUT2D eigenvalue weighted by atomic mass is 10.0. The number of amides is 1. The molecule has 33 heavy (non-hydrogen) atoms. The molecule has 0 unspecified atom stereocenters. The number of halogens is 1. The standard InChI is InChI=1S/C23H25FN4O4S/c1-26(2)11-12-28(33(3,31)32)21-17-5-4-10-25-20(17)22(29)19-18(21)14-27(23(19)30)13-15-6-8-16(24)9-7-15/h4-10,29H,11-14H2,1-3H3. The number of nitrogens with zero attached hydrogens (tertiary/aromatic N) is 4. The molecule has 0 atom stereocenters. The molecule has 0 fully saturated rings. The van der Waals surface area contributed by atoms with Crippen LogP contribution in [0, 0.1) is 5.82 Å². The van der Waals surface area contributed by atoms with Crippen molar-refractivity contribution in [3.8, 4) is 5.75 Å². The zero-order valence-electron chi connectivity index (χ0n) is 18.6. The SMILES string of the molecule is CN(C)CCN(c1c2c(c(O)c3ncccc13)C(=O)N(Cc1ccc(F)cc1)C2)S(C)(=O)=O. The predicted molar refractivity (Wildman–Crippen MR) is 124 cm³/mol. The first-order valence-electron chi connectivity index (χ1n) is 10.4. The minimum atomic E-state index is -3.71. The van der Waals surface area contributed by atoms with Gasteiger partial charge in [0.25, 0.3) is 5.91 Å². The Morgan fingerprint density at radius 1 is 1.15 bits per heavy atom. The lowest BCUT2D eigenvalue weighted by Gasteiger charge is -2.27. The Labute approximate surface area is 191 Å². The first kappa shape index (κ1) is 22.9. The van der Waals surface area contributed by atoms with Crippen LogP contribution in [0.4, 0.5) is 10.1 Å². The first-order chi connectivity index (χ1) is 15.6. The highest BCUT2D eigenvalue weighted by Gasteiger charge is 2.37. The largest absolute Gasteiger partial charge is 0.505 e. The molecule has 0 radical (unpaired) electrons. The minimum Gasteiger partial charge on any atom is -0.505 e. The normalized spacial score (nSPS) is 13.7. The van der Waals surface area contributed by atoms with Crippen molar-refractivity contribution in [2.75, 3.05) is 37.7 Å². The molecule has 174 valence electrons. The summed E-state index contributed by atoms with van der Waals surface area (Å²) in [7, 11) is -0.0272. The van der Waals surface area contributed by atoms with Gasteiger partial charge in [0.05, 0.1) is 17.5 Å². The second-order valence-electron chi connectivity index (χ2n) is 8.38. The Balaban J connectivity index is 1.88. The summed E-state index contributed by atoms with van der Waals surface area (Å²) in [4.78, 5) is 20.9. The minimum absolute atomic E-state index is 0.0526. The summed E-state index contributed by atoms with van der Waals surface area (Å²) in [6.07, 6.45) is 2.61. The molecule has 0 saturated carbocycles. The Bertz CT molecular complexity index is 1330. The van der Waals surface area contributed by atoms with E-state index >= 15 is 0 Å². The van der Waals surface area contributed by atoms with Gasteiger partial charge in [0.2, 0.25) is 10.0 Å². The van der Waals surface area contributed by atoms with Crippen LogP contribution >= 0.6 is 0 Å². The zero-order chi connectivity index (χ0) is 23.9.